The van der Waals surface area contributed by atoms with Crippen LogP contribution in [0.3, 0.4) is 0 Å². The van der Waals surface area contributed by atoms with Crippen LogP contribution in [0, 0.1) is 25.2 Å². The second-order valence-corrected chi connectivity index (χ2v) is 15.2. The molecule has 9 nitrogen and oxygen atoms in total. The molecule has 2 atom stereocenters. The van der Waals surface area contributed by atoms with Gasteiger partial charge in [0.15, 0.2) is 0 Å². The number of ether oxygens (including phenoxy) is 1. The molecule has 1 saturated heterocycles. The summed E-state index contributed by atoms with van der Waals surface area (Å²) in [6.45, 7) is 17.4. The molecule has 3 heterocycles. The third-order valence-corrected chi connectivity index (χ3v) is 9.14. The Labute approximate surface area is 255 Å². The van der Waals surface area contributed by atoms with Crippen LogP contribution < -0.4 is 9.46 Å². The van der Waals surface area contributed by atoms with Crippen molar-refractivity contribution >= 4 is 21.9 Å². The number of nitrogens with zero attached hydrogens (tertiary/aromatic N) is 4. The van der Waals surface area contributed by atoms with E-state index in [-0.39, 0.29) is 34.1 Å². The van der Waals surface area contributed by atoms with E-state index in [2.05, 4.69) is 54.2 Å². The van der Waals surface area contributed by atoms with Gasteiger partial charge in [0.2, 0.25) is 11.8 Å². The van der Waals surface area contributed by atoms with Crippen molar-refractivity contribution in [2.24, 2.45) is 11.3 Å². The van der Waals surface area contributed by atoms with Gasteiger partial charge in [-0.25, -0.2) is 18.1 Å². The van der Waals surface area contributed by atoms with Crippen molar-refractivity contribution < 1.29 is 17.9 Å². The van der Waals surface area contributed by atoms with Gasteiger partial charge in [0.25, 0.3) is 15.9 Å². The summed E-state index contributed by atoms with van der Waals surface area (Å²) in [5.74, 6) is 0.325. The number of hydrogen-bond acceptors (Lipinski definition) is 7. The Kier molecular flexibility index (Phi) is 8.55. The third-order valence-electron chi connectivity index (χ3n) is 7.82. The standard InChI is InChI=1S/C33H43N5O4S/c1-21(2)14-25-17-37(20-33(5,6)7)18-26-19-38(25)31(39)24-12-9-13-27(15-24)43(40,41)36-32-34-28(16-29(35-32)42-26)30-22(3)10-8-11-23(30)4/h8-13,15-16,21,25-26H,14,17-20H2,1-7H3,(H,34,35,36)/t25-,26+/m0/s1. The number of rotatable bonds is 4. The van der Waals surface area contributed by atoms with Crippen LogP contribution in [0.1, 0.15) is 62.5 Å². The summed E-state index contributed by atoms with van der Waals surface area (Å²) >= 11 is 0. The number of sulfonamides is 1. The maximum Gasteiger partial charge on any atom is 0.264 e. The lowest BCUT2D eigenvalue weighted by Gasteiger charge is -2.35. The Morgan fingerprint density at radius 3 is 2.37 bits per heavy atom. The average Bonchev–Trinajstić information content (AvgIpc) is 3.04. The molecule has 1 N–H and O–H groups in total. The number of aromatic nitrogens is 2. The normalized spacial score (nSPS) is 20.7. The zero-order chi connectivity index (χ0) is 31.1. The van der Waals surface area contributed by atoms with Crippen molar-refractivity contribution in [2.45, 2.75) is 71.9 Å². The third kappa shape index (κ3) is 7.18. The molecule has 2 aliphatic heterocycles. The summed E-state index contributed by atoms with van der Waals surface area (Å²) in [5, 5.41) is 0. The van der Waals surface area contributed by atoms with Crippen LogP contribution in [0.2, 0.25) is 0 Å². The molecule has 2 aromatic carbocycles. The largest absolute Gasteiger partial charge is 0.471 e. The highest BCUT2D eigenvalue weighted by Crippen LogP contribution is 2.31. The van der Waals surface area contributed by atoms with E-state index >= 15 is 0 Å². The zero-order valence-electron chi connectivity index (χ0n) is 26.2. The van der Waals surface area contributed by atoms with E-state index in [9.17, 15) is 13.2 Å². The summed E-state index contributed by atoms with van der Waals surface area (Å²) in [7, 11) is -4.10. The Hall–Kier alpha value is -3.50. The van der Waals surface area contributed by atoms with Gasteiger partial charge in [-0.05, 0) is 60.9 Å². The van der Waals surface area contributed by atoms with E-state index < -0.39 is 16.1 Å². The number of amides is 1. The Morgan fingerprint density at radius 2 is 1.70 bits per heavy atom. The fourth-order valence-electron chi connectivity index (χ4n) is 6.24. The van der Waals surface area contributed by atoms with E-state index in [4.69, 9.17) is 4.74 Å². The number of carbonyl (C=O) groups excluding carboxylic acids is 1. The second-order valence-electron chi connectivity index (χ2n) is 13.6. The predicted molar refractivity (Wildman–Crippen MR) is 169 cm³/mol. The predicted octanol–water partition coefficient (Wildman–Crippen LogP) is 5.54. The Balaban J connectivity index is 1.69. The summed E-state index contributed by atoms with van der Waals surface area (Å²) < 4.78 is 36.3. The highest BCUT2D eigenvalue weighted by atomic mass is 32.2. The number of benzene rings is 2. The molecule has 10 heteroatoms. The van der Waals surface area contributed by atoms with Crippen LogP contribution in [0.4, 0.5) is 5.95 Å². The van der Waals surface area contributed by atoms with Crippen molar-refractivity contribution in [1.29, 1.82) is 0 Å². The van der Waals surface area contributed by atoms with Crippen LogP contribution in [0.5, 0.6) is 5.88 Å². The molecule has 230 valence electrons. The minimum Gasteiger partial charge on any atom is -0.471 e. The minimum absolute atomic E-state index is 0.0257. The number of hydrogen-bond donors (Lipinski definition) is 1. The van der Waals surface area contributed by atoms with E-state index in [1.54, 1.807) is 18.2 Å². The van der Waals surface area contributed by atoms with Gasteiger partial charge in [-0.1, -0.05) is 58.9 Å². The van der Waals surface area contributed by atoms with Gasteiger partial charge in [0, 0.05) is 42.9 Å². The minimum atomic E-state index is -4.10. The molecule has 6 bridgehead atoms. The molecule has 0 aliphatic carbocycles. The summed E-state index contributed by atoms with van der Waals surface area (Å²) in [4.78, 5) is 27.6. The van der Waals surface area contributed by atoms with Gasteiger partial charge in [-0.3, -0.25) is 9.69 Å². The van der Waals surface area contributed by atoms with Crippen molar-refractivity contribution in [2.75, 3.05) is 30.9 Å². The lowest BCUT2D eigenvalue weighted by molar-refractivity contribution is 0.0584. The van der Waals surface area contributed by atoms with Gasteiger partial charge in [-0.15, -0.1) is 0 Å². The fourth-order valence-corrected chi connectivity index (χ4v) is 7.23. The zero-order valence-corrected chi connectivity index (χ0v) is 27.0. The highest BCUT2D eigenvalue weighted by molar-refractivity contribution is 7.92. The monoisotopic (exact) mass is 605 g/mol. The van der Waals surface area contributed by atoms with Crippen LogP contribution in [-0.2, 0) is 10.0 Å². The SMILES string of the molecule is Cc1cccc(C)c1-c1cc2nc(n1)NS(=O)(=O)c1cccc(c1)C(=O)N1C[C@@H](CN(CC(C)(C)C)C[C@@H]1CC(C)C)O2. The van der Waals surface area contributed by atoms with Gasteiger partial charge >= 0.3 is 0 Å². The van der Waals surface area contributed by atoms with Gasteiger partial charge in [-0.2, -0.15) is 4.98 Å². The molecule has 0 spiro atoms. The van der Waals surface area contributed by atoms with Crippen molar-refractivity contribution in [3.63, 3.8) is 0 Å². The maximum absolute atomic E-state index is 14.2. The first kappa shape index (κ1) is 30.9. The molecule has 0 unspecified atom stereocenters. The quantitative estimate of drug-likeness (QED) is 0.416. The number of anilines is 1. The van der Waals surface area contributed by atoms with Crippen molar-refractivity contribution in [1.82, 2.24) is 19.8 Å². The number of carbonyl (C=O) groups is 1. The number of aryl methyl sites for hydroxylation is 2. The van der Waals surface area contributed by atoms with Gasteiger partial charge in [0.1, 0.15) is 6.10 Å². The molecule has 2 aliphatic rings. The van der Waals surface area contributed by atoms with E-state index in [1.165, 1.54) is 12.1 Å². The van der Waals surface area contributed by atoms with Crippen LogP contribution in [0.25, 0.3) is 11.3 Å². The Bertz CT molecular complexity index is 1600. The van der Waals surface area contributed by atoms with Crippen molar-refractivity contribution in [3.8, 4) is 17.1 Å². The van der Waals surface area contributed by atoms with Gasteiger partial charge in [0.05, 0.1) is 17.1 Å². The molecular formula is C33H43N5O4S. The summed E-state index contributed by atoms with van der Waals surface area (Å²) in [6, 6.07) is 13.9. The number of fused-ring (bicyclic) bond motifs is 6. The average molecular weight is 606 g/mol. The second kappa shape index (κ2) is 11.9. The maximum atomic E-state index is 14.2. The molecule has 1 amide bonds. The fraction of sp³-hybridized carbons (Fsp3) is 0.485. The lowest BCUT2D eigenvalue weighted by atomic mass is 9.95. The molecule has 0 saturated carbocycles. The highest BCUT2D eigenvalue weighted by Gasteiger charge is 2.36. The number of nitrogens with one attached hydrogen (secondary N) is 1. The Morgan fingerprint density at radius 1 is 1.00 bits per heavy atom. The first-order chi connectivity index (χ1) is 20.2. The van der Waals surface area contributed by atoms with E-state index in [0.29, 0.717) is 36.8 Å². The van der Waals surface area contributed by atoms with Gasteiger partial charge < -0.3 is 9.64 Å². The van der Waals surface area contributed by atoms with Crippen LogP contribution in [0.15, 0.2) is 53.4 Å². The molecule has 1 fully saturated rings. The molecule has 1 aromatic heterocycles. The van der Waals surface area contributed by atoms with Crippen LogP contribution >= 0.6 is 0 Å². The molecule has 5 rings (SSSR count). The first-order valence-corrected chi connectivity index (χ1v) is 16.5. The molecule has 3 aromatic rings. The lowest BCUT2D eigenvalue weighted by Crippen LogP contribution is -2.47. The van der Waals surface area contributed by atoms with Crippen molar-refractivity contribution in [3.05, 3.63) is 65.2 Å². The van der Waals surface area contributed by atoms with E-state index in [0.717, 1.165) is 29.7 Å². The molecular weight excluding hydrogens is 562 g/mol. The summed E-state index contributed by atoms with van der Waals surface area (Å²) in [6.07, 6.45) is 0.407. The first-order valence-electron chi connectivity index (χ1n) is 15.0. The van der Waals surface area contributed by atoms with E-state index in [1.807, 2.05) is 36.9 Å². The molecule has 0 radical (unpaired) electrons. The van der Waals surface area contributed by atoms with Crippen LogP contribution in [-0.4, -0.2) is 72.4 Å². The summed E-state index contributed by atoms with van der Waals surface area (Å²) in [5.41, 5.74) is 3.82. The molecule has 43 heavy (non-hydrogen) atoms. The smallest absolute Gasteiger partial charge is 0.264 e. The topological polar surface area (TPSA) is 105 Å².